The molecule has 0 aromatic carbocycles. The average molecular weight is 1450 g/mol. The molecule has 0 bridgehead atoms. The largest absolute Gasteiger partial charge is 0.509 e. The van der Waals surface area contributed by atoms with Crippen LogP contribution < -0.4 is 10.6 Å². The number of phosphoric ester groups is 1. The summed E-state index contributed by atoms with van der Waals surface area (Å²) in [7, 11) is -1.32. The number of ketones is 1. The zero-order valence-corrected chi connectivity index (χ0v) is 64.9. The Kier molecular flexibility index (Phi) is 52.9. The highest BCUT2D eigenvalue weighted by Gasteiger charge is 2.73. The quantitative estimate of drug-likeness (QED) is 0.0144. The third-order valence-corrected chi connectivity index (χ3v) is 20.5. The van der Waals surface area contributed by atoms with Crippen LogP contribution in [0.15, 0.2) is 62.5 Å². The highest BCUT2D eigenvalue weighted by Crippen LogP contribution is 2.55. The summed E-state index contributed by atoms with van der Waals surface area (Å²) in [4.78, 5) is 56.6. The number of hydrogen-bond acceptors (Lipinski definition) is 18. The standard InChI is InChI=1S/C80H141N2O18P/c1-11-19-23-27-30-33-34-35-36-37-38-40-42-46-50-54-69(84)81-71-74(91-61-55-66(89-10)53-49-44-26-22-14-4)73(100-101(87,94-58-17-7)95-59-18-8)67(64-88-9)96-78(71)97-68-63-80(68)76(98-79(86)93-57-16-6)75(90-60-51-47-43-32-29-25-21-13-3)72(77(99-80)92-56-15-5)82-70(85)62-65(83)52-48-45-41-39-31-28-24-20-12-2/h15-18,33-34,56,66-68,71-78H,6-8,11-14,19-32,35-55,57-64H2,1-5,9-10H3,(H,81,84)(H,82,85)/b34-33-,56-15-/t66-,67-,68?,71-,72-,73-,74-,75-,76+,77+,78+,80-/m1/s1. The molecule has 2 N–H and O–H groups in total. The Morgan fingerprint density at radius 2 is 1.08 bits per heavy atom. The highest BCUT2D eigenvalue weighted by molar-refractivity contribution is 7.48. The Balaban J connectivity index is 2.14. The van der Waals surface area contributed by atoms with Crippen LogP contribution in [0.5, 0.6) is 0 Å². The topological polar surface area (TPSA) is 229 Å². The predicted molar refractivity (Wildman–Crippen MR) is 400 cm³/mol. The van der Waals surface area contributed by atoms with Gasteiger partial charge in [-0.15, -0.1) is 13.2 Å². The van der Waals surface area contributed by atoms with Crippen molar-refractivity contribution in [2.24, 2.45) is 0 Å². The number of carbonyl (C=O) groups is 4. The van der Waals surface area contributed by atoms with E-state index in [1.807, 2.05) is 0 Å². The molecule has 3 fully saturated rings. The third kappa shape index (κ3) is 38.9. The second kappa shape index (κ2) is 58.4. The lowest BCUT2D eigenvalue weighted by Gasteiger charge is -2.48. The number of ether oxygens (including phenoxy) is 10. The molecule has 1 spiro atoms. The first-order valence-electron chi connectivity index (χ1n) is 39.8. The molecule has 1 unspecified atom stereocenters. The van der Waals surface area contributed by atoms with Crippen LogP contribution >= 0.6 is 7.82 Å². The number of unbranched alkanes of at least 4 members (excludes halogenated alkanes) is 30. The maximum atomic E-state index is 14.8. The zero-order chi connectivity index (χ0) is 73.5. The van der Waals surface area contributed by atoms with Gasteiger partial charge in [-0.1, -0.05) is 251 Å². The maximum absolute atomic E-state index is 14.8. The number of rotatable bonds is 67. The number of methoxy groups -OCH3 is 2. The molecule has 0 aromatic heterocycles. The van der Waals surface area contributed by atoms with Gasteiger partial charge < -0.3 is 58.0 Å². The van der Waals surface area contributed by atoms with Crippen molar-refractivity contribution in [3.63, 3.8) is 0 Å². The normalized spacial score (nSPS) is 23.1. The number of nitrogens with one attached hydrogen (secondary N) is 2. The molecule has 2 heterocycles. The Morgan fingerprint density at radius 1 is 0.574 bits per heavy atom. The average Bonchev–Trinajstić information content (AvgIpc) is 1.55. The molecule has 21 heteroatoms. The van der Waals surface area contributed by atoms with Crippen molar-refractivity contribution in [2.45, 2.75) is 371 Å². The van der Waals surface area contributed by atoms with Gasteiger partial charge in [0.2, 0.25) is 18.1 Å². The van der Waals surface area contributed by atoms with Gasteiger partial charge in [-0.3, -0.25) is 28.0 Å². The Bertz CT molecular complexity index is 2280. The van der Waals surface area contributed by atoms with Gasteiger partial charge in [0.1, 0.15) is 54.5 Å². The number of carbonyl (C=O) groups excluding carboxylic acids is 4. The van der Waals surface area contributed by atoms with E-state index in [9.17, 15) is 23.7 Å². The van der Waals surface area contributed by atoms with Crippen molar-refractivity contribution in [2.75, 3.05) is 53.9 Å². The molecule has 3 rings (SSSR count). The molecule has 2 saturated heterocycles. The molecule has 12 atom stereocenters. The number of allylic oxidation sites excluding steroid dienone is 3. The summed E-state index contributed by atoms with van der Waals surface area (Å²) in [5.41, 5.74) is -1.57. The fraction of sp³-hybridized carbons (Fsp3) is 0.825. The van der Waals surface area contributed by atoms with E-state index < -0.39 is 86.8 Å². The molecule has 101 heavy (non-hydrogen) atoms. The van der Waals surface area contributed by atoms with E-state index in [4.69, 9.17) is 60.9 Å². The first-order valence-corrected chi connectivity index (χ1v) is 41.2. The summed E-state index contributed by atoms with van der Waals surface area (Å²) in [5, 5.41) is 6.29. The molecule has 0 aromatic rings. The lowest BCUT2D eigenvalue weighted by molar-refractivity contribution is -0.305. The van der Waals surface area contributed by atoms with Crippen molar-refractivity contribution < 1.29 is 84.7 Å². The van der Waals surface area contributed by atoms with Gasteiger partial charge >= 0.3 is 14.0 Å². The molecule has 1 aliphatic carbocycles. The predicted octanol–water partition coefficient (Wildman–Crippen LogP) is 19.0. The minimum absolute atomic E-state index is 0.0577. The van der Waals surface area contributed by atoms with Gasteiger partial charge in [0.05, 0.1) is 44.7 Å². The first-order chi connectivity index (χ1) is 49.3. The van der Waals surface area contributed by atoms with Crippen molar-refractivity contribution >= 4 is 31.6 Å². The van der Waals surface area contributed by atoms with E-state index >= 15 is 0 Å². The van der Waals surface area contributed by atoms with Crippen LogP contribution in [-0.4, -0.2) is 151 Å². The van der Waals surface area contributed by atoms with E-state index in [-0.39, 0.29) is 83.1 Å². The highest BCUT2D eigenvalue weighted by atomic mass is 31.2. The minimum Gasteiger partial charge on any atom is -0.471 e. The smallest absolute Gasteiger partial charge is 0.471 e. The van der Waals surface area contributed by atoms with E-state index in [0.717, 1.165) is 141 Å². The maximum Gasteiger partial charge on any atom is 0.509 e. The van der Waals surface area contributed by atoms with Crippen LogP contribution in [0.2, 0.25) is 0 Å². The van der Waals surface area contributed by atoms with E-state index in [2.05, 4.69) is 70.2 Å². The van der Waals surface area contributed by atoms with Gasteiger partial charge in [0.25, 0.3) is 0 Å². The molecule has 0 radical (unpaired) electrons. The molecule has 3 aliphatic rings. The van der Waals surface area contributed by atoms with Gasteiger partial charge in [-0.25, -0.2) is 9.36 Å². The van der Waals surface area contributed by atoms with Gasteiger partial charge in [0.15, 0.2) is 12.4 Å². The van der Waals surface area contributed by atoms with Crippen LogP contribution in [0.4, 0.5) is 4.79 Å². The SMILES string of the molecule is C=CCOC(=O)O[C@H]1[C@H](OCCCCCCCCCC)[C@@H](NC(=O)CC(=O)CCCCCCCCCCC)[C@@H](O/C=C\C)O[C@@]12CC2O[C@@H]1O[C@H](COC)[C@@H](OP(=O)(OCC=C)OCC=C)[C@H](OCC[C@@H](CCCCCCC)OC)[C@H]1NC(=O)CCCCCCCCC/C=C\CCCCCC. The monoisotopic (exact) mass is 1450 g/mol. The van der Waals surface area contributed by atoms with E-state index in [0.29, 0.717) is 25.7 Å². The van der Waals surface area contributed by atoms with Gasteiger partial charge in [-0.05, 0) is 64.7 Å². The number of phosphoric acid groups is 1. The molecule has 2 aliphatic heterocycles. The molecular weight excluding hydrogens is 1310 g/mol. The second-order valence-electron chi connectivity index (χ2n) is 27.8. The molecule has 584 valence electrons. The number of Topliss-reactive ketones (excluding diaryl/α,β-unsaturated/α-hetero) is 1. The number of amides is 2. The Labute approximate surface area is 611 Å². The van der Waals surface area contributed by atoms with Crippen molar-refractivity contribution in [3.8, 4) is 0 Å². The summed E-state index contributed by atoms with van der Waals surface area (Å²) in [6.07, 6.45) is 40.2. The van der Waals surface area contributed by atoms with E-state index in [1.54, 1.807) is 20.1 Å². The van der Waals surface area contributed by atoms with Crippen molar-refractivity contribution in [1.82, 2.24) is 10.6 Å². The van der Waals surface area contributed by atoms with Crippen molar-refractivity contribution in [3.05, 3.63) is 62.5 Å². The van der Waals surface area contributed by atoms with Crippen molar-refractivity contribution in [1.29, 1.82) is 0 Å². The fourth-order valence-electron chi connectivity index (χ4n) is 13.2. The Morgan fingerprint density at radius 3 is 1.63 bits per heavy atom. The summed E-state index contributed by atoms with van der Waals surface area (Å²) in [5.74, 6) is -1.08. The summed E-state index contributed by atoms with van der Waals surface area (Å²) >= 11 is 0. The van der Waals surface area contributed by atoms with Gasteiger partial charge in [-0.2, -0.15) is 0 Å². The lowest BCUT2D eigenvalue weighted by atomic mass is 9.93. The summed E-state index contributed by atoms with van der Waals surface area (Å²) in [6, 6.07) is -2.32. The second-order valence-corrected chi connectivity index (χ2v) is 29.4. The summed E-state index contributed by atoms with van der Waals surface area (Å²) < 4.78 is 98.1. The molecule has 1 saturated carbocycles. The lowest BCUT2D eigenvalue weighted by Crippen LogP contribution is -2.68. The van der Waals surface area contributed by atoms with Crippen LogP contribution in [0.25, 0.3) is 0 Å². The number of hydrogen-bond donors (Lipinski definition) is 2. The molecule has 2 amide bonds. The third-order valence-electron chi connectivity index (χ3n) is 19.0. The van der Waals surface area contributed by atoms with Crippen LogP contribution in [0.1, 0.15) is 298 Å². The van der Waals surface area contributed by atoms with Crippen LogP contribution in [0, 0.1) is 0 Å². The molecule has 20 nitrogen and oxygen atoms in total. The van der Waals surface area contributed by atoms with Crippen LogP contribution in [0.3, 0.4) is 0 Å². The zero-order valence-electron chi connectivity index (χ0n) is 64.0. The van der Waals surface area contributed by atoms with Crippen LogP contribution in [-0.2, 0) is 79.9 Å². The first kappa shape index (κ1) is 91.4. The minimum atomic E-state index is -4.49. The fourth-order valence-corrected chi connectivity index (χ4v) is 14.6. The Hall–Kier alpha value is -3.79. The summed E-state index contributed by atoms with van der Waals surface area (Å²) in [6.45, 7) is 21.5. The van der Waals surface area contributed by atoms with E-state index in [1.165, 1.54) is 102 Å². The molecular formula is C80H141N2O18P. The van der Waals surface area contributed by atoms with Gasteiger partial charge in [0, 0.05) is 46.7 Å².